The fourth-order valence-electron chi connectivity index (χ4n) is 3.22. The first kappa shape index (κ1) is 21.6. The summed E-state index contributed by atoms with van der Waals surface area (Å²) in [6, 6.07) is 0. The Hall–Kier alpha value is -1.46. The number of aliphatic carboxylic acids is 1. The second kappa shape index (κ2) is 12.0. The van der Waals surface area contributed by atoms with Gasteiger partial charge in [0.15, 0.2) is 0 Å². The molecule has 142 valence electrons. The molecule has 0 radical (unpaired) electrons. The Morgan fingerprint density at radius 3 is 2.72 bits per heavy atom. The van der Waals surface area contributed by atoms with Crippen LogP contribution in [0.3, 0.4) is 0 Å². The Labute approximate surface area is 150 Å². The molecule has 5 heteroatoms. The molecule has 5 nitrogen and oxygen atoms in total. The molecule has 0 amide bonds. The van der Waals surface area contributed by atoms with Crippen LogP contribution in [0.5, 0.6) is 0 Å². The summed E-state index contributed by atoms with van der Waals surface area (Å²) >= 11 is 0. The number of carboxylic acid groups (broad SMARTS) is 1. The average molecular weight is 352 g/mol. The number of carboxylic acids is 1. The van der Waals surface area contributed by atoms with Gasteiger partial charge in [0.05, 0.1) is 12.2 Å². The maximum absolute atomic E-state index is 12.1. The van der Waals surface area contributed by atoms with Crippen molar-refractivity contribution in [3.63, 3.8) is 0 Å². The molecule has 0 unspecified atom stereocenters. The maximum Gasteiger partial charge on any atom is 0.303 e. The van der Waals surface area contributed by atoms with Crippen LogP contribution in [0.2, 0.25) is 0 Å². The van der Waals surface area contributed by atoms with E-state index < -0.39 is 18.2 Å². The van der Waals surface area contributed by atoms with Gasteiger partial charge in [-0.1, -0.05) is 50.5 Å². The molecule has 0 spiro atoms. The van der Waals surface area contributed by atoms with E-state index in [4.69, 9.17) is 5.11 Å². The third-order valence-corrected chi connectivity index (χ3v) is 4.72. The lowest BCUT2D eigenvalue weighted by Gasteiger charge is -2.17. The summed E-state index contributed by atoms with van der Waals surface area (Å²) in [5.74, 6) is -1.29. The van der Waals surface area contributed by atoms with Crippen LogP contribution < -0.4 is 0 Å². The van der Waals surface area contributed by atoms with Gasteiger partial charge in [-0.05, 0) is 25.7 Å². The molecule has 0 heterocycles. The molecule has 0 aromatic rings. The third-order valence-electron chi connectivity index (χ3n) is 4.72. The van der Waals surface area contributed by atoms with Gasteiger partial charge in [0, 0.05) is 24.7 Å². The first-order chi connectivity index (χ1) is 12.0. The fourth-order valence-corrected chi connectivity index (χ4v) is 3.22. The monoisotopic (exact) mass is 352 g/mol. The van der Waals surface area contributed by atoms with Gasteiger partial charge in [0.2, 0.25) is 0 Å². The predicted octanol–water partition coefficient (Wildman–Crippen LogP) is 3.25. The summed E-state index contributed by atoms with van der Waals surface area (Å²) in [6.45, 7) is 2.11. The summed E-state index contributed by atoms with van der Waals surface area (Å²) in [7, 11) is 0. The lowest BCUT2D eigenvalue weighted by molar-refractivity contribution is -0.137. The lowest BCUT2D eigenvalue weighted by Crippen LogP contribution is -2.19. The van der Waals surface area contributed by atoms with E-state index in [1.807, 2.05) is 12.2 Å². The molecular formula is C20H32O5. The summed E-state index contributed by atoms with van der Waals surface area (Å²) in [5, 5.41) is 28.7. The number of aliphatic hydroxyl groups excluding tert-OH is 2. The molecule has 1 aliphatic rings. The van der Waals surface area contributed by atoms with Gasteiger partial charge in [-0.2, -0.15) is 0 Å². The molecule has 1 fully saturated rings. The van der Waals surface area contributed by atoms with E-state index in [1.165, 1.54) is 0 Å². The molecule has 3 N–H and O–H groups in total. The molecule has 0 aliphatic heterocycles. The summed E-state index contributed by atoms with van der Waals surface area (Å²) < 4.78 is 0. The van der Waals surface area contributed by atoms with Gasteiger partial charge in [-0.25, -0.2) is 0 Å². The van der Waals surface area contributed by atoms with Gasteiger partial charge in [0.1, 0.15) is 5.78 Å². The zero-order valence-corrected chi connectivity index (χ0v) is 15.1. The topological polar surface area (TPSA) is 94.8 Å². The molecule has 4 atom stereocenters. The second-order valence-electron chi connectivity index (χ2n) is 6.87. The molecule has 1 rings (SSSR count). The van der Waals surface area contributed by atoms with E-state index in [2.05, 4.69) is 6.92 Å². The highest BCUT2D eigenvalue weighted by molar-refractivity contribution is 5.86. The van der Waals surface area contributed by atoms with Crippen LogP contribution in [0.1, 0.15) is 64.7 Å². The number of Topliss-reactive ketones (excluding diaryl/α,β-unsaturated/α-hetero) is 1. The van der Waals surface area contributed by atoms with E-state index in [0.717, 1.165) is 19.3 Å². The van der Waals surface area contributed by atoms with E-state index in [1.54, 1.807) is 12.2 Å². The van der Waals surface area contributed by atoms with Crippen molar-refractivity contribution in [1.82, 2.24) is 0 Å². The molecule has 0 aromatic heterocycles. The zero-order valence-electron chi connectivity index (χ0n) is 15.1. The highest BCUT2D eigenvalue weighted by atomic mass is 16.4. The smallest absolute Gasteiger partial charge is 0.303 e. The minimum atomic E-state index is -0.798. The highest BCUT2D eigenvalue weighted by Gasteiger charge is 2.39. The normalized spacial score (nSPS) is 25.2. The zero-order chi connectivity index (χ0) is 18.7. The molecule has 25 heavy (non-hydrogen) atoms. The van der Waals surface area contributed by atoms with E-state index in [0.29, 0.717) is 25.7 Å². The maximum atomic E-state index is 12.1. The lowest BCUT2D eigenvalue weighted by atomic mass is 9.90. The fraction of sp³-hybridized carbons (Fsp3) is 0.700. The molecule has 0 aromatic carbocycles. The number of ketones is 1. The number of aliphatic hydroxyl groups is 2. The number of carbonyl (C=O) groups excluding carboxylic acids is 1. The summed E-state index contributed by atoms with van der Waals surface area (Å²) in [6.07, 6.45) is 12.1. The number of unbranched alkanes of at least 4 members (excludes halogenated alkanes) is 3. The molecule has 0 bridgehead atoms. The van der Waals surface area contributed by atoms with Gasteiger partial charge in [-0.3, -0.25) is 9.59 Å². The number of hydrogen-bond acceptors (Lipinski definition) is 4. The van der Waals surface area contributed by atoms with E-state index >= 15 is 0 Å². The van der Waals surface area contributed by atoms with Crippen LogP contribution in [0.25, 0.3) is 0 Å². The van der Waals surface area contributed by atoms with Crippen molar-refractivity contribution in [3.05, 3.63) is 24.3 Å². The van der Waals surface area contributed by atoms with Crippen LogP contribution in [0.15, 0.2) is 24.3 Å². The van der Waals surface area contributed by atoms with Crippen LogP contribution in [-0.4, -0.2) is 39.3 Å². The largest absolute Gasteiger partial charge is 0.481 e. The van der Waals surface area contributed by atoms with Crippen molar-refractivity contribution in [3.8, 4) is 0 Å². The molecule has 0 saturated heterocycles. The Morgan fingerprint density at radius 1 is 1.28 bits per heavy atom. The van der Waals surface area contributed by atoms with Crippen molar-refractivity contribution in [2.24, 2.45) is 11.8 Å². The van der Waals surface area contributed by atoms with E-state index in [-0.39, 0.29) is 30.5 Å². The summed E-state index contributed by atoms with van der Waals surface area (Å²) in [4.78, 5) is 22.5. The van der Waals surface area contributed by atoms with Gasteiger partial charge in [-0.15, -0.1) is 0 Å². The Morgan fingerprint density at radius 2 is 2.04 bits per heavy atom. The van der Waals surface area contributed by atoms with Crippen molar-refractivity contribution in [2.45, 2.75) is 76.9 Å². The summed E-state index contributed by atoms with van der Waals surface area (Å²) in [5.41, 5.74) is 0. The minimum absolute atomic E-state index is 0.0220. The molecular weight excluding hydrogens is 320 g/mol. The molecule has 1 aliphatic carbocycles. The Balaban J connectivity index is 2.48. The first-order valence-electron chi connectivity index (χ1n) is 9.39. The van der Waals surface area contributed by atoms with Crippen molar-refractivity contribution < 1.29 is 24.9 Å². The van der Waals surface area contributed by atoms with Gasteiger partial charge >= 0.3 is 5.97 Å². The first-order valence-corrected chi connectivity index (χ1v) is 9.39. The minimum Gasteiger partial charge on any atom is -0.481 e. The molecule has 1 saturated carbocycles. The SMILES string of the molecule is CCCCC[C@H](O)/C=C/[C@@H]1C(=O)C[C@H](O)[C@H]1C/C=C\CCCC(=O)O. The standard InChI is InChI=1S/C20H32O5/c1-2-3-6-9-15(21)12-13-17-16(18(22)14-19(17)23)10-7-4-5-8-11-20(24)25/h4,7,12-13,15-18,21-22H,2-3,5-6,8-11,14H2,1H3,(H,24,25)/b7-4-,13-12+/t15-,16-,17-,18-/m0/s1. The van der Waals surface area contributed by atoms with Gasteiger partial charge < -0.3 is 15.3 Å². The van der Waals surface area contributed by atoms with Crippen molar-refractivity contribution >= 4 is 11.8 Å². The predicted molar refractivity (Wildman–Crippen MR) is 97.1 cm³/mol. The third kappa shape index (κ3) is 8.45. The Kier molecular flexibility index (Phi) is 10.3. The quantitative estimate of drug-likeness (QED) is 0.370. The number of rotatable bonds is 12. The number of hydrogen-bond donors (Lipinski definition) is 3. The highest BCUT2D eigenvalue weighted by Crippen LogP contribution is 2.33. The van der Waals surface area contributed by atoms with E-state index in [9.17, 15) is 19.8 Å². The number of carbonyl (C=O) groups is 2. The van der Waals surface area contributed by atoms with Crippen LogP contribution in [-0.2, 0) is 9.59 Å². The average Bonchev–Trinajstić information content (AvgIpc) is 2.82. The second-order valence-corrected chi connectivity index (χ2v) is 6.87. The van der Waals surface area contributed by atoms with Gasteiger partial charge in [0.25, 0.3) is 0 Å². The van der Waals surface area contributed by atoms with Crippen LogP contribution in [0.4, 0.5) is 0 Å². The van der Waals surface area contributed by atoms with Crippen molar-refractivity contribution in [2.75, 3.05) is 0 Å². The number of allylic oxidation sites excluding steroid dienone is 3. The Bertz CT molecular complexity index is 469. The van der Waals surface area contributed by atoms with Crippen LogP contribution in [0, 0.1) is 11.8 Å². The van der Waals surface area contributed by atoms with Crippen molar-refractivity contribution in [1.29, 1.82) is 0 Å². The van der Waals surface area contributed by atoms with Crippen LogP contribution >= 0.6 is 0 Å².